The van der Waals surface area contributed by atoms with Crippen LogP contribution in [0, 0.1) is 0 Å². The second-order valence-electron chi connectivity index (χ2n) is 7.48. The fourth-order valence-corrected chi connectivity index (χ4v) is 4.86. The highest BCUT2D eigenvalue weighted by molar-refractivity contribution is 7.10. The zero-order valence-corrected chi connectivity index (χ0v) is 16.3. The maximum Gasteiger partial charge on any atom is 0.225 e. The molecule has 0 saturated heterocycles. The number of benzene rings is 1. The van der Waals surface area contributed by atoms with Crippen LogP contribution in [0.5, 0.6) is 5.75 Å². The number of thiophene rings is 1. The van der Waals surface area contributed by atoms with E-state index in [1.165, 1.54) is 0 Å². The van der Waals surface area contributed by atoms with Crippen LogP contribution in [0.15, 0.2) is 53.0 Å². The molecule has 1 aromatic heterocycles. The van der Waals surface area contributed by atoms with Gasteiger partial charge >= 0.3 is 0 Å². The zero-order valence-electron chi connectivity index (χ0n) is 15.5. The number of carbonyl (C=O) groups excluding carboxylic acids is 2. The Kier molecular flexibility index (Phi) is 4.87. The van der Waals surface area contributed by atoms with E-state index in [1.54, 1.807) is 11.3 Å². The third-order valence-electron chi connectivity index (χ3n) is 5.15. The Labute approximate surface area is 163 Å². The first kappa shape index (κ1) is 18.0. The zero-order chi connectivity index (χ0) is 19.0. The molecular weight excluding hydrogens is 358 g/mol. The molecule has 1 N–H and O–H groups in total. The molecule has 1 amide bonds. The van der Waals surface area contributed by atoms with E-state index < -0.39 is 0 Å². The number of ether oxygens (including phenoxy) is 1. The minimum atomic E-state index is -0.0935. The maximum atomic E-state index is 13.0. The van der Waals surface area contributed by atoms with Crippen LogP contribution < -0.4 is 10.1 Å². The van der Waals surface area contributed by atoms with E-state index >= 15 is 0 Å². The molecule has 140 valence electrons. The topological polar surface area (TPSA) is 55.4 Å². The predicted molar refractivity (Wildman–Crippen MR) is 106 cm³/mol. The molecule has 2 atom stereocenters. The van der Waals surface area contributed by atoms with Crippen molar-refractivity contribution >= 4 is 23.0 Å². The van der Waals surface area contributed by atoms with E-state index in [1.807, 2.05) is 55.6 Å². The van der Waals surface area contributed by atoms with Crippen molar-refractivity contribution in [1.82, 2.24) is 5.32 Å². The summed E-state index contributed by atoms with van der Waals surface area (Å²) in [5, 5.41) is 4.98. The number of Topliss-reactive ketones (excluding diaryl/α,β-unsaturated/α-hetero) is 1. The highest BCUT2D eigenvalue weighted by Crippen LogP contribution is 2.43. The highest BCUT2D eigenvalue weighted by atomic mass is 32.1. The molecule has 2 aromatic rings. The molecule has 1 aromatic carbocycles. The van der Waals surface area contributed by atoms with Crippen LogP contribution in [0.25, 0.3) is 0 Å². The molecule has 0 bridgehead atoms. The predicted octanol–water partition coefficient (Wildman–Crippen LogP) is 4.54. The molecular formula is C22H23NO3S. The minimum Gasteiger partial charge on any atom is -0.491 e. The average molecular weight is 381 g/mol. The first-order valence-electron chi connectivity index (χ1n) is 9.37. The molecule has 1 aliphatic carbocycles. The van der Waals surface area contributed by atoms with Gasteiger partial charge in [0.05, 0.1) is 6.10 Å². The van der Waals surface area contributed by atoms with Crippen molar-refractivity contribution in [2.45, 2.75) is 51.0 Å². The number of hydrogen-bond donors (Lipinski definition) is 1. The Bertz CT molecular complexity index is 881. The molecule has 0 radical (unpaired) electrons. The van der Waals surface area contributed by atoms with Gasteiger partial charge in [-0.3, -0.25) is 9.59 Å². The Morgan fingerprint density at radius 3 is 2.52 bits per heavy atom. The standard InChI is InChI=1S/C22H23NO3S/c1-13(2)26-16-7-5-14(6-8-16)15-10-18-22(19(24)11-15)17(12-21(25)23-18)20-4-3-9-27-20/h3-9,13,15,17H,10-12H2,1-2H3,(H,23,25)/t15-,17+/m0/s1. The summed E-state index contributed by atoms with van der Waals surface area (Å²) < 4.78 is 5.70. The molecule has 0 saturated carbocycles. The summed E-state index contributed by atoms with van der Waals surface area (Å²) in [5.74, 6) is 0.985. The van der Waals surface area contributed by atoms with Crippen molar-refractivity contribution in [2.24, 2.45) is 0 Å². The van der Waals surface area contributed by atoms with Crippen molar-refractivity contribution in [3.8, 4) is 5.75 Å². The van der Waals surface area contributed by atoms with E-state index in [9.17, 15) is 9.59 Å². The number of allylic oxidation sites excluding steroid dienone is 2. The first-order valence-corrected chi connectivity index (χ1v) is 10.3. The number of rotatable bonds is 4. The molecule has 0 fully saturated rings. The monoisotopic (exact) mass is 381 g/mol. The van der Waals surface area contributed by atoms with Gasteiger partial charge in [0.15, 0.2) is 5.78 Å². The van der Waals surface area contributed by atoms with Gasteiger partial charge in [0, 0.05) is 34.9 Å². The number of carbonyl (C=O) groups is 2. The molecule has 5 heteroatoms. The van der Waals surface area contributed by atoms with Crippen LogP contribution in [-0.4, -0.2) is 17.8 Å². The lowest BCUT2D eigenvalue weighted by Crippen LogP contribution is -2.37. The molecule has 0 unspecified atom stereocenters. The van der Waals surface area contributed by atoms with Gasteiger partial charge < -0.3 is 10.1 Å². The van der Waals surface area contributed by atoms with Gasteiger partial charge in [-0.25, -0.2) is 0 Å². The third kappa shape index (κ3) is 3.69. The quantitative estimate of drug-likeness (QED) is 0.846. The Morgan fingerprint density at radius 1 is 1.07 bits per heavy atom. The minimum absolute atomic E-state index is 0.00119. The second-order valence-corrected chi connectivity index (χ2v) is 8.46. The Hall–Kier alpha value is -2.40. The lowest BCUT2D eigenvalue weighted by molar-refractivity contribution is -0.122. The lowest BCUT2D eigenvalue weighted by Gasteiger charge is -2.34. The molecule has 0 spiro atoms. The van der Waals surface area contributed by atoms with Crippen molar-refractivity contribution < 1.29 is 14.3 Å². The number of nitrogens with one attached hydrogen (secondary N) is 1. The lowest BCUT2D eigenvalue weighted by atomic mass is 9.75. The van der Waals surface area contributed by atoms with Crippen molar-refractivity contribution in [2.75, 3.05) is 0 Å². The summed E-state index contributed by atoms with van der Waals surface area (Å²) in [6.45, 7) is 4.00. The van der Waals surface area contributed by atoms with Crippen LogP contribution >= 0.6 is 11.3 Å². The van der Waals surface area contributed by atoms with Crippen LogP contribution in [0.2, 0.25) is 0 Å². The molecule has 4 rings (SSSR count). The molecule has 2 aliphatic rings. The summed E-state index contributed by atoms with van der Waals surface area (Å²) in [6.07, 6.45) is 1.67. The van der Waals surface area contributed by atoms with Gasteiger partial charge in [-0.2, -0.15) is 0 Å². The highest BCUT2D eigenvalue weighted by Gasteiger charge is 2.38. The largest absolute Gasteiger partial charge is 0.491 e. The van der Waals surface area contributed by atoms with Crippen LogP contribution in [-0.2, 0) is 9.59 Å². The molecule has 4 nitrogen and oxygen atoms in total. The molecule has 27 heavy (non-hydrogen) atoms. The number of ketones is 1. The SMILES string of the molecule is CC(C)Oc1ccc([C@@H]2CC(=O)C3=C(C2)NC(=O)C[C@@H]3c2cccs2)cc1. The summed E-state index contributed by atoms with van der Waals surface area (Å²) in [6, 6.07) is 12.0. The second kappa shape index (κ2) is 7.31. The van der Waals surface area contributed by atoms with Crippen molar-refractivity contribution in [3.05, 3.63) is 63.5 Å². The summed E-state index contributed by atoms with van der Waals surface area (Å²) in [7, 11) is 0. The van der Waals surface area contributed by atoms with Crippen LogP contribution in [0.3, 0.4) is 0 Å². The van der Waals surface area contributed by atoms with E-state index in [0.717, 1.165) is 27.5 Å². The van der Waals surface area contributed by atoms with E-state index in [4.69, 9.17) is 4.74 Å². The molecule has 1 aliphatic heterocycles. The molecule has 2 heterocycles. The summed E-state index contributed by atoms with van der Waals surface area (Å²) >= 11 is 1.61. The van der Waals surface area contributed by atoms with Gasteiger partial charge in [-0.15, -0.1) is 11.3 Å². The number of amides is 1. The van der Waals surface area contributed by atoms with Crippen LogP contribution in [0.4, 0.5) is 0 Å². The summed E-state index contributed by atoms with van der Waals surface area (Å²) in [5.41, 5.74) is 2.74. The third-order valence-corrected chi connectivity index (χ3v) is 6.13. The fraction of sp³-hybridized carbons (Fsp3) is 0.364. The Balaban J connectivity index is 1.60. The van der Waals surface area contributed by atoms with Gasteiger partial charge in [-0.05, 0) is 55.3 Å². The number of hydrogen-bond acceptors (Lipinski definition) is 4. The summed E-state index contributed by atoms with van der Waals surface area (Å²) in [4.78, 5) is 26.4. The van der Waals surface area contributed by atoms with Gasteiger partial charge in [0.25, 0.3) is 0 Å². The van der Waals surface area contributed by atoms with Crippen molar-refractivity contribution in [1.29, 1.82) is 0 Å². The van der Waals surface area contributed by atoms with Crippen molar-refractivity contribution in [3.63, 3.8) is 0 Å². The van der Waals surface area contributed by atoms with E-state index in [-0.39, 0.29) is 29.6 Å². The van der Waals surface area contributed by atoms with E-state index in [2.05, 4.69) is 5.32 Å². The van der Waals surface area contributed by atoms with Crippen LogP contribution in [0.1, 0.15) is 55.4 Å². The average Bonchev–Trinajstić information content (AvgIpc) is 3.15. The normalized spacial score (nSPS) is 22.6. The smallest absolute Gasteiger partial charge is 0.225 e. The van der Waals surface area contributed by atoms with Gasteiger partial charge in [-0.1, -0.05) is 18.2 Å². The van der Waals surface area contributed by atoms with Gasteiger partial charge in [0.2, 0.25) is 5.91 Å². The first-order chi connectivity index (χ1) is 13.0. The fourth-order valence-electron chi connectivity index (χ4n) is 4.02. The van der Waals surface area contributed by atoms with Gasteiger partial charge in [0.1, 0.15) is 5.75 Å². The van der Waals surface area contributed by atoms with E-state index in [0.29, 0.717) is 19.3 Å². The maximum absolute atomic E-state index is 13.0. The Morgan fingerprint density at radius 2 is 1.85 bits per heavy atom.